The summed E-state index contributed by atoms with van der Waals surface area (Å²) in [4.78, 5) is 24.0. The number of nitrogens with one attached hydrogen (secondary N) is 2. The van der Waals surface area contributed by atoms with Crippen LogP contribution in [0.2, 0.25) is 0 Å². The fourth-order valence-electron chi connectivity index (χ4n) is 1.74. The van der Waals surface area contributed by atoms with Gasteiger partial charge in [0.05, 0.1) is 0 Å². The Morgan fingerprint density at radius 3 is 2.76 bits per heavy atom. The third-order valence-corrected chi connectivity index (χ3v) is 2.71. The number of amides is 3. The van der Waals surface area contributed by atoms with Crippen molar-refractivity contribution in [1.82, 2.24) is 30.8 Å². The molecule has 3 amide bonds. The van der Waals surface area contributed by atoms with Crippen molar-refractivity contribution >= 4 is 11.9 Å². The first-order valence-corrected chi connectivity index (χ1v) is 6.51. The molecule has 0 unspecified atom stereocenters. The van der Waals surface area contributed by atoms with Gasteiger partial charge < -0.3 is 5.32 Å². The number of hydrogen-bond acceptors (Lipinski definition) is 5. The number of tetrazole rings is 1. The molecule has 2 rings (SSSR count). The number of hydrogen-bond donors (Lipinski definition) is 2. The highest BCUT2D eigenvalue weighted by molar-refractivity contribution is 5.94. The van der Waals surface area contributed by atoms with Gasteiger partial charge in [-0.1, -0.05) is 24.3 Å². The van der Waals surface area contributed by atoms with Crippen LogP contribution in [0.15, 0.2) is 24.3 Å². The van der Waals surface area contributed by atoms with Gasteiger partial charge in [-0.3, -0.25) is 10.1 Å². The molecule has 0 saturated carbocycles. The van der Waals surface area contributed by atoms with Crippen molar-refractivity contribution in [3.05, 3.63) is 29.8 Å². The van der Waals surface area contributed by atoms with Gasteiger partial charge in [-0.25, -0.2) is 4.79 Å². The maximum Gasteiger partial charge on any atom is 0.321 e. The van der Waals surface area contributed by atoms with Gasteiger partial charge in [0.1, 0.15) is 6.54 Å². The molecular weight excluding hydrogens is 272 g/mol. The van der Waals surface area contributed by atoms with Crippen LogP contribution in [0.1, 0.15) is 12.5 Å². The van der Waals surface area contributed by atoms with Gasteiger partial charge in [0.15, 0.2) is 0 Å². The van der Waals surface area contributed by atoms with Gasteiger partial charge in [-0.05, 0) is 24.6 Å². The van der Waals surface area contributed by atoms with E-state index in [0.717, 1.165) is 15.9 Å². The van der Waals surface area contributed by atoms with Crippen LogP contribution >= 0.6 is 0 Å². The topological polar surface area (TPSA) is 102 Å². The van der Waals surface area contributed by atoms with Gasteiger partial charge in [-0.2, -0.15) is 4.80 Å². The second kappa shape index (κ2) is 6.60. The number of nitrogens with zero attached hydrogens (tertiary/aromatic N) is 4. The van der Waals surface area contributed by atoms with E-state index in [2.05, 4.69) is 26.0 Å². The molecule has 2 aromatic rings. The molecule has 1 aromatic carbocycles. The summed E-state index contributed by atoms with van der Waals surface area (Å²) in [7, 11) is 0. The fourth-order valence-corrected chi connectivity index (χ4v) is 1.74. The SMILES string of the molecule is CCNC(=O)NC(=O)Cn1nnc(-c2ccccc2C)n1. The zero-order valence-corrected chi connectivity index (χ0v) is 11.8. The molecule has 0 aliphatic rings. The molecule has 21 heavy (non-hydrogen) atoms. The van der Waals surface area contributed by atoms with Crippen LogP contribution in [0, 0.1) is 6.92 Å². The third-order valence-electron chi connectivity index (χ3n) is 2.71. The molecular formula is C13H16N6O2. The lowest BCUT2D eigenvalue weighted by molar-refractivity contribution is -0.121. The molecule has 8 nitrogen and oxygen atoms in total. The standard InChI is InChI=1S/C13H16N6O2/c1-3-14-13(21)15-11(20)8-19-17-12(16-18-19)10-7-5-4-6-9(10)2/h4-7H,3,8H2,1-2H3,(H2,14,15,20,21). The minimum atomic E-state index is -0.540. The third kappa shape index (κ3) is 3.85. The van der Waals surface area contributed by atoms with Crippen molar-refractivity contribution in [2.45, 2.75) is 20.4 Å². The van der Waals surface area contributed by atoms with E-state index in [1.807, 2.05) is 31.2 Å². The Morgan fingerprint density at radius 2 is 2.05 bits per heavy atom. The van der Waals surface area contributed by atoms with Crippen LogP contribution < -0.4 is 10.6 Å². The molecule has 0 saturated heterocycles. The van der Waals surface area contributed by atoms with E-state index in [9.17, 15) is 9.59 Å². The van der Waals surface area contributed by atoms with E-state index in [1.165, 1.54) is 0 Å². The summed E-state index contributed by atoms with van der Waals surface area (Å²) in [5.41, 5.74) is 1.87. The Bertz CT molecular complexity index is 652. The van der Waals surface area contributed by atoms with Crippen molar-refractivity contribution < 1.29 is 9.59 Å². The van der Waals surface area contributed by atoms with Crippen LogP contribution in [0.25, 0.3) is 11.4 Å². The lowest BCUT2D eigenvalue weighted by atomic mass is 10.1. The number of aryl methyl sites for hydroxylation is 1. The summed E-state index contributed by atoms with van der Waals surface area (Å²) in [6, 6.07) is 7.08. The van der Waals surface area contributed by atoms with E-state index < -0.39 is 11.9 Å². The molecule has 0 aliphatic carbocycles. The van der Waals surface area contributed by atoms with Crippen LogP contribution in [0.4, 0.5) is 4.79 Å². The van der Waals surface area contributed by atoms with E-state index in [0.29, 0.717) is 12.4 Å². The summed E-state index contributed by atoms with van der Waals surface area (Å²) in [6.45, 7) is 3.98. The highest BCUT2D eigenvalue weighted by Crippen LogP contribution is 2.17. The van der Waals surface area contributed by atoms with Crippen molar-refractivity contribution in [3.63, 3.8) is 0 Å². The number of urea groups is 1. The minimum absolute atomic E-state index is 0.171. The number of carbonyl (C=O) groups is 2. The van der Waals surface area contributed by atoms with Crippen LogP contribution in [0.5, 0.6) is 0 Å². The van der Waals surface area contributed by atoms with E-state index >= 15 is 0 Å². The summed E-state index contributed by atoms with van der Waals surface area (Å²) >= 11 is 0. The lowest BCUT2D eigenvalue weighted by Gasteiger charge is -2.03. The number of rotatable bonds is 4. The molecule has 0 radical (unpaired) electrons. The first-order chi connectivity index (χ1) is 10.1. The quantitative estimate of drug-likeness (QED) is 0.852. The first-order valence-electron chi connectivity index (χ1n) is 6.51. The maximum atomic E-state index is 11.6. The molecule has 0 fully saturated rings. The van der Waals surface area contributed by atoms with Crippen molar-refractivity contribution in [1.29, 1.82) is 0 Å². The zero-order chi connectivity index (χ0) is 15.2. The highest BCUT2D eigenvalue weighted by Gasteiger charge is 2.12. The Morgan fingerprint density at radius 1 is 1.29 bits per heavy atom. The van der Waals surface area contributed by atoms with Crippen molar-refractivity contribution in [2.24, 2.45) is 0 Å². The number of carbonyl (C=O) groups excluding carboxylic acids is 2. The molecule has 110 valence electrons. The smallest absolute Gasteiger partial charge is 0.321 e. The van der Waals surface area contributed by atoms with Gasteiger partial charge >= 0.3 is 6.03 Å². The van der Waals surface area contributed by atoms with E-state index in [-0.39, 0.29) is 6.54 Å². The minimum Gasteiger partial charge on any atom is -0.338 e. The molecule has 0 atom stereocenters. The average Bonchev–Trinajstić information content (AvgIpc) is 2.87. The second-order valence-corrected chi connectivity index (χ2v) is 4.37. The zero-order valence-electron chi connectivity index (χ0n) is 11.8. The normalized spacial score (nSPS) is 10.2. The molecule has 0 bridgehead atoms. The Hall–Kier alpha value is -2.77. The fraction of sp³-hybridized carbons (Fsp3) is 0.308. The molecule has 0 spiro atoms. The maximum absolute atomic E-state index is 11.6. The highest BCUT2D eigenvalue weighted by atomic mass is 16.2. The van der Waals surface area contributed by atoms with Gasteiger partial charge in [-0.15, -0.1) is 10.2 Å². The van der Waals surface area contributed by atoms with E-state index in [1.54, 1.807) is 6.92 Å². The number of imide groups is 1. The van der Waals surface area contributed by atoms with E-state index in [4.69, 9.17) is 0 Å². The summed E-state index contributed by atoms with van der Waals surface area (Å²) in [5, 5.41) is 16.5. The number of benzene rings is 1. The predicted octanol–water partition coefficient (Wildman–Crippen LogP) is 0.494. The van der Waals surface area contributed by atoms with Crippen LogP contribution in [-0.2, 0) is 11.3 Å². The molecule has 0 aliphatic heterocycles. The lowest BCUT2D eigenvalue weighted by Crippen LogP contribution is -2.41. The van der Waals surface area contributed by atoms with Crippen molar-refractivity contribution in [2.75, 3.05) is 6.54 Å². The summed E-state index contributed by atoms with van der Waals surface area (Å²) in [6.07, 6.45) is 0. The Kier molecular flexibility index (Phi) is 4.60. The van der Waals surface area contributed by atoms with Gasteiger partial charge in [0.2, 0.25) is 5.82 Å². The molecule has 1 heterocycles. The summed E-state index contributed by atoms with van der Waals surface area (Å²) in [5.74, 6) is -0.0615. The average molecular weight is 288 g/mol. The largest absolute Gasteiger partial charge is 0.338 e. The first kappa shape index (κ1) is 14.6. The molecule has 1 aromatic heterocycles. The van der Waals surface area contributed by atoms with Crippen molar-refractivity contribution in [3.8, 4) is 11.4 Å². The van der Waals surface area contributed by atoms with Gasteiger partial charge in [0, 0.05) is 12.1 Å². The Balaban J connectivity index is 2.02. The predicted molar refractivity (Wildman–Crippen MR) is 75.2 cm³/mol. The van der Waals surface area contributed by atoms with Crippen LogP contribution in [0.3, 0.4) is 0 Å². The second-order valence-electron chi connectivity index (χ2n) is 4.37. The molecule has 8 heteroatoms. The summed E-state index contributed by atoms with van der Waals surface area (Å²) < 4.78 is 0. The monoisotopic (exact) mass is 288 g/mol. The number of aromatic nitrogens is 4. The molecule has 2 N–H and O–H groups in total. The van der Waals surface area contributed by atoms with Crippen LogP contribution in [-0.4, -0.2) is 38.7 Å². The van der Waals surface area contributed by atoms with Gasteiger partial charge in [0.25, 0.3) is 5.91 Å². The Labute approximate surface area is 121 Å².